The van der Waals surface area contributed by atoms with Crippen LogP contribution in [0.15, 0.2) is 48.6 Å². The molecule has 1 amide bonds. The van der Waals surface area contributed by atoms with Gasteiger partial charge in [-0.2, -0.15) is 0 Å². The summed E-state index contributed by atoms with van der Waals surface area (Å²) in [7, 11) is 1.20. The van der Waals surface area contributed by atoms with Crippen molar-refractivity contribution in [2.75, 3.05) is 40.9 Å². The van der Waals surface area contributed by atoms with Crippen molar-refractivity contribution in [2.24, 2.45) is 0 Å². The van der Waals surface area contributed by atoms with Crippen molar-refractivity contribution in [3.05, 3.63) is 48.6 Å². The predicted octanol–water partition coefficient (Wildman–Crippen LogP) is 21.0. The zero-order chi connectivity index (χ0) is 58.6. The van der Waals surface area contributed by atoms with Gasteiger partial charge in [0.15, 0.2) is 0 Å². The first kappa shape index (κ1) is 78.0. The first-order valence-electron chi connectivity index (χ1n) is 34.4. The van der Waals surface area contributed by atoms with Gasteiger partial charge in [0, 0.05) is 12.8 Å². The molecule has 0 saturated heterocycles. The number of likely N-dealkylation sites (N-methyl/N-ethyl adjacent to an activating group) is 1. The van der Waals surface area contributed by atoms with E-state index in [1.807, 2.05) is 33.3 Å². The van der Waals surface area contributed by atoms with E-state index in [9.17, 15) is 19.0 Å². The maximum Gasteiger partial charge on any atom is 0.306 e. The minimum atomic E-state index is -4.70. The number of nitrogens with one attached hydrogen (secondary N) is 1. The van der Waals surface area contributed by atoms with Crippen molar-refractivity contribution in [2.45, 2.75) is 348 Å². The summed E-state index contributed by atoms with van der Waals surface area (Å²) in [4.78, 5) is 40.1. The number of phosphoric acid groups is 1. The minimum absolute atomic E-state index is 0.0201. The molecule has 9 nitrogen and oxygen atoms in total. The number of hydrogen-bond donors (Lipinski definition) is 1. The molecule has 1 N–H and O–H groups in total. The maximum absolute atomic E-state index is 13.5. The third-order valence-corrected chi connectivity index (χ3v) is 16.5. The molecule has 0 spiro atoms. The fourth-order valence-electron chi connectivity index (χ4n) is 10.2. The van der Waals surface area contributed by atoms with Crippen LogP contribution in [-0.4, -0.2) is 69.4 Å². The summed E-state index contributed by atoms with van der Waals surface area (Å²) in [6.07, 6.45) is 75.2. The third kappa shape index (κ3) is 60.6. The number of unbranched alkanes of at least 4 members (excludes halogenated alkanes) is 41. The van der Waals surface area contributed by atoms with Gasteiger partial charge in [-0.3, -0.25) is 14.2 Å². The van der Waals surface area contributed by atoms with Gasteiger partial charge in [-0.25, -0.2) is 0 Å². The molecule has 0 saturated carbocycles. The third-order valence-electron chi connectivity index (χ3n) is 15.5. The van der Waals surface area contributed by atoms with Gasteiger partial charge in [0.2, 0.25) is 5.91 Å². The van der Waals surface area contributed by atoms with Gasteiger partial charge in [-0.1, -0.05) is 301 Å². The molecule has 10 heteroatoms. The van der Waals surface area contributed by atoms with E-state index < -0.39 is 20.0 Å². The van der Waals surface area contributed by atoms with Crippen LogP contribution in [0.2, 0.25) is 0 Å². The van der Waals surface area contributed by atoms with Gasteiger partial charge < -0.3 is 28.5 Å². The zero-order valence-electron chi connectivity index (χ0n) is 53.8. The molecular weight excluding hydrogens is 1010 g/mol. The number of rotatable bonds is 63. The molecule has 0 aromatic heterocycles. The van der Waals surface area contributed by atoms with Crippen molar-refractivity contribution in [1.29, 1.82) is 0 Å². The van der Waals surface area contributed by atoms with Gasteiger partial charge in [0.05, 0.1) is 33.8 Å². The van der Waals surface area contributed by atoms with Gasteiger partial charge in [0.25, 0.3) is 7.82 Å². The van der Waals surface area contributed by atoms with E-state index in [1.165, 1.54) is 231 Å². The Morgan fingerprint density at radius 3 is 1.16 bits per heavy atom. The number of quaternary nitrogens is 1. The Morgan fingerprint density at radius 1 is 0.438 bits per heavy atom. The van der Waals surface area contributed by atoms with E-state index in [4.69, 9.17) is 13.8 Å². The zero-order valence-corrected chi connectivity index (χ0v) is 54.7. The van der Waals surface area contributed by atoms with Gasteiger partial charge in [-0.05, 0) is 70.3 Å². The van der Waals surface area contributed by atoms with E-state index >= 15 is 0 Å². The van der Waals surface area contributed by atoms with Crippen molar-refractivity contribution >= 4 is 19.7 Å². The largest absolute Gasteiger partial charge is 0.756 e. The highest BCUT2D eigenvalue weighted by Gasteiger charge is 2.27. The van der Waals surface area contributed by atoms with Crippen molar-refractivity contribution in [3.63, 3.8) is 0 Å². The number of allylic oxidation sites excluding steroid dienone is 7. The molecule has 0 heterocycles. The highest BCUT2D eigenvalue weighted by atomic mass is 31.2. The average molecular weight is 1150 g/mol. The molecule has 0 radical (unpaired) electrons. The standard InChI is InChI=1S/C70H133N2O7P/c1-7-10-13-16-19-22-25-27-29-31-32-33-34-35-36-37-38-39-40-41-43-45-48-51-54-57-60-63-70(74)79-68(61-58-55-52-49-46-24-21-18-15-12-9-3)67(66-78-80(75,76)77-65-64-72(4,5)6)71-69(73)62-59-56-53-50-47-44-42-30-28-26-23-20-17-14-11-8-2/h19,22,27,29,32-33,58,61,67-68H,7-18,20-21,23-26,28,30-31,34-57,59-60,62-66H2,1-6H3,(H-,71,73,75,76)/b22-19-,29-27-,33-32-,61-58-. The molecule has 470 valence electrons. The van der Waals surface area contributed by atoms with Crippen molar-refractivity contribution in [3.8, 4) is 0 Å². The molecule has 80 heavy (non-hydrogen) atoms. The van der Waals surface area contributed by atoms with Crippen LogP contribution in [0.25, 0.3) is 0 Å². The molecule has 0 aliphatic carbocycles. The molecule has 0 rings (SSSR count). The van der Waals surface area contributed by atoms with Crippen LogP contribution in [0.5, 0.6) is 0 Å². The fraction of sp³-hybridized carbons (Fsp3) is 0.857. The normalized spacial score (nSPS) is 13.8. The van der Waals surface area contributed by atoms with Crippen LogP contribution in [0.3, 0.4) is 0 Å². The van der Waals surface area contributed by atoms with Crippen LogP contribution < -0.4 is 10.2 Å². The van der Waals surface area contributed by atoms with Gasteiger partial charge in [0.1, 0.15) is 19.3 Å². The molecule has 0 fully saturated rings. The van der Waals surface area contributed by atoms with Gasteiger partial charge in [-0.15, -0.1) is 0 Å². The Bertz CT molecular complexity index is 1510. The van der Waals surface area contributed by atoms with E-state index in [0.29, 0.717) is 17.4 Å². The molecule has 3 atom stereocenters. The monoisotopic (exact) mass is 1140 g/mol. The number of ether oxygens (including phenoxy) is 1. The first-order valence-corrected chi connectivity index (χ1v) is 35.9. The van der Waals surface area contributed by atoms with E-state index in [-0.39, 0.29) is 31.5 Å². The summed E-state index contributed by atoms with van der Waals surface area (Å²) >= 11 is 0. The summed E-state index contributed by atoms with van der Waals surface area (Å²) in [5.74, 6) is -0.526. The number of amides is 1. The average Bonchev–Trinajstić information content (AvgIpc) is 3.43. The van der Waals surface area contributed by atoms with Crippen LogP contribution in [-0.2, 0) is 27.9 Å². The highest BCUT2D eigenvalue weighted by molar-refractivity contribution is 7.45. The lowest BCUT2D eigenvalue weighted by Crippen LogP contribution is -2.47. The van der Waals surface area contributed by atoms with Crippen molar-refractivity contribution < 1.29 is 37.3 Å². The van der Waals surface area contributed by atoms with Crippen LogP contribution >= 0.6 is 7.82 Å². The Kier molecular flexibility index (Phi) is 58.6. The SMILES string of the molecule is CCCCC/C=C\C/C=C\C/C=C\CCCCCCCCCCCCCCCCC(=O)OC(/C=C\CCCCCCCCCCC)C(COP(=O)([O-])OCC[N+](C)(C)C)NC(=O)CCCCCCCCCCCCCCCCCC. The molecule has 0 aliphatic heterocycles. The van der Waals surface area contributed by atoms with Crippen LogP contribution in [0.4, 0.5) is 0 Å². The predicted molar refractivity (Wildman–Crippen MR) is 344 cm³/mol. The number of nitrogens with zero attached hydrogens (tertiary/aromatic N) is 1. The maximum atomic E-state index is 13.5. The number of phosphoric ester groups is 1. The second-order valence-corrected chi connectivity index (χ2v) is 26.1. The summed E-state index contributed by atoms with van der Waals surface area (Å²) in [6.45, 7) is 6.85. The smallest absolute Gasteiger partial charge is 0.306 e. The Morgan fingerprint density at radius 2 is 0.762 bits per heavy atom. The summed E-state index contributed by atoms with van der Waals surface area (Å²) < 4.78 is 30.4. The van der Waals surface area contributed by atoms with E-state index in [0.717, 1.165) is 70.6 Å². The number of esters is 1. The molecular formula is C70H133N2O7P. The lowest BCUT2D eigenvalue weighted by atomic mass is 10.0. The molecule has 3 unspecified atom stereocenters. The molecule has 0 aromatic rings. The van der Waals surface area contributed by atoms with Crippen molar-refractivity contribution in [1.82, 2.24) is 5.32 Å². The number of carbonyl (C=O) groups is 2. The Hall–Kier alpha value is -2.03. The quantitative estimate of drug-likeness (QED) is 0.0212. The Labute approximate surface area is 497 Å². The Balaban J connectivity index is 4.98. The lowest BCUT2D eigenvalue weighted by molar-refractivity contribution is -0.870. The molecule has 0 bridgehead atoms. The van der Waals surface area contributed by atoms with Crippen LogP contribution in [0, 0.1) is 0 Å². The number of carbonyl (C=O) groups excluding carboxylic acids is 2. The van der Waals surface area contributed by atoms with Gasteiger partial charge >= 0.3 is 5.97 Å². The molecule has 0 aliphatic rings. The topological polar surface area (TPSA) is 114 Å². The fourth-order valence-corrected chi connectivity index (χ4v) is 10.9. The van der Waals surface area contributed by atoms with E-state index in [2.05, 4.69) is 62.5 Å². The summed E-state index contributed by atoms with van der Waals surface area (Å²) in [5, 5.41) is 3.04. The lowest BCUT2D eigenvalue weighted by Gasteiger charge is -2.30. The highest BCUT2D eigenvalue weighted by Crippen LogP contribution is 2.38. The second kappa shape index (κ2) is 60.1. The number of hydrogen-bond acceptors (Lipinski definition) is 7. The summed E-state index contributed by atoms with van der Waals surface area (Å²) in [6, 6.07) is -0.885. The first-order chi connectivity index (χ1) is 38.9. The van der Waals surface area contributed by atoms with Crippen LogP contribution in [0.1, 0.15) is 335 Å². The summed E-state index contributed by atoms with van der Waals surface area (Å²) in [5.41, 5.74) is 0. The molecule has 0 aromatic carbocycles. The van der Waals surface area contributed by atoms with E-state index in [1.54, 1.807) is 0 Å². The minimum Gasteiger partial charge on any atom is -0.756 e. The second-order valence-electron chi connectivity index (χ2n) is 24.7.